The van der Waals surface area contributed by atoms with Gasteiger partial charge in [-0.2, -0.15) is 0 Å². The minimum atomic E-state index is -0.722. The molecule has 1 aliphatic rings. The lowest BCUT2D eigenvalue weighted by Crippen LogP contribution is -2.21. The van der Waals surface area contributed by atoms with Crippen LogP contribution in [0, 0.1) is 0 Å². The molecule has 21 heavy (non-hydrogen) atoms. The summed E-state index contributed by atoms with van der Waals surface area (Å²) in [7, 11) is 0. The normalized spacial score (nSPS) is 13.7. The number of hydrogen-bond donors (Lipinski definition) is 1. The molecular weight excluding hydrogens is 292 g/mol. The summed E-state index contributed by atoms with van der Waals surface area (Å²) in [5, 5.41) is 10.4. The average Bonchev–Trinajstić information content (AvgIpc) is 3.02. The number of fused-ring (bicyclic) bond motifs is 1. The van der Waals surface area contributed by atoms with E-state index in [1.807, 2.05) is 16.8 Å². The number of hydrogen-bond acceptors (Lipinski definition) is 4. The van der Waals surface area contributed by atoms with Gasteiger partial charge in [0, 0.05) is 30.6 Å². The second-order valence-corrected chi connectivity index (χ2v) is 6.10. The lowest BCUT2D eigenvalue weighted by molar-refractivity contribution is 0.0663. The monoisotopic (exact) mass is 308 g/mol. The van der Waals surface area contributed by atoms with Crippen molar-refractivity contribution in [2.75, 3.05) is 6.79 Å². The average molecular weight is 309 g/mol. The maximum Gasteiger partial charge on any atom is 0.231 e. The number of benzene rings is 1. The van der Waals surface area contributed by atoms with E-state index in [1.165, 1.54) is 0 Å². The van der Waals surface area contributed by atoms with Crippen molar-refractivity contribution in [2.24, 2.45) is 0 Å². The molecule has 1 aromatic heterocycles. The Hall–Kier alpha value is -1.72. The van der Waals surface area contributed by atoms with Gasteiger partial charge in [0.05, 0.1) is 10.6 Å². The van der Waals surface area contributed by atoms with Gasteiger partial charge in [0.25, 0.3) is 0 Å². The quantitative estimate of drug-likeness (QED) is 0.943. The van der Waals surface area contributed by atoms with E-state index in [1.54, 1.807) is 26.1 Å². The van der Waals surface area contributed by atoms with Gasteiger partial charge < -0.3 is 19.1 Å². The van der Waals surface area contributed by atoms with Crippen LogP contribution in [0.2, 0.25) is 5.02 Å². The molecule has 1 N–H and O–H groups in total. The number of nitrogens with zero attached hydrogens (tertiary/aromatic N) is 2. The molecule has 0 unspecified atom stereocenters. The van der Waals surface area contributed by atoms with E-state index in [9.17, 15) is 5.11 Å². The van der Waals surface area contributed by atoms with Crippen molar-refractivity contribution in [3.63, 3.8) is 0 Å². The number of aryl methyl sites for hydroxylation is 1. The standard InChI is InChI=1S/C15H17ClN2O3/c1-15(2,19)3-5-18-6-4-17-14(18)10-7-12-13(8-11(10)16)21-9-20-12/h4,6-8,19H,3,5,9H2,1-2H3. The number of halogens is 1. The van der Waals surface area contributed by atoms with Gasteiger partial charge in [-0.15, -0.1) is 0 Å². The molecule has 0 spiro atoms. The number of imidazole rings is 1. The molecule has 0 amide bonds. The summed E-state index contributed by atoms with van der Waals surface area (Å²) in [5.74, 6) is 2.08. The molecule has 5 nitrogen and oxygen atoms in total. The Morgan fingerprint density at radius 1 is 1.33 bits per heavy atom. The molecular formula is C15H17ClN2O3. The first-order valence-electron chi connectivity index (χ1n) is 6.77. The highest BCUT2D eigenvalue weighted by molar-refractivity contribution is 6.33. The fraction of sp³-hybridized carbons (Fsp3) is 0.400. The van der Waals surface area contributed by atoms with Crippen LogP contribution >= 0.6 is 11.6 Å². The van der Waals surface area contributed by atoms with Gasteiger partial charge in [0.15, 0.2) is 11.5 Å². The summed E-state index contributed by atoms with van der Waals surface area (Å²) in [6.45, 7) is 4.44. The molecule has 6 heteroatoms. The number of aliphatic hydroxyl groups is 1. The van der Waals surface area contributed by atoms with E-state index in [0.717, 1.165) is 11.4 Å². The molecule has 0 saturated carbocycles. The molecule has 2 heterocycles. The van der Waals surface area contributed by atoms with Gasteiger partial charge in [-0.1, -0.05) is 11.6 Å². The number of aromatic nitrogens is 2. The van der Waals surface area contributed by atoms with Crippen LogP contribution in [-0.2, 0) is 6.54 Å². The van der Waals surface area contributed by atoms with Crippen LogP contribution in [0.25, 0.3) is 11.4 Å². The van der Waals surface area contributed by atoms with Crippen LogP contribution in [0.3, 0.4) is 0 Å². The number of ether oxygens (including phenoxy) is 2. The van der Waals surface area contributed by atoms with Crippen LogP contribution in [0.4, 0.5) is 0 Å². The van der Waals surface area contributed by atoms with Crippen molar-refractivity contribution in [1.29, 1.82) is 0 Å². The first-order valence-corrected chi connectivity index (χ1v) is 7.15. The zero-order chi connectivity index (χ0) is 15.0. The van der Waals surface area contributed by atoms with Crippen molar-refractivity contribution in [2.45, 2.75) is 32.4 Å². The van der Waals surface area contributed by atoms with Crippen molar-refractivity contribution in [1.82, 2.24) is 9.55 Å². The molecule has 0 atom stereocenters. The number of rotatable bonds is 4. The van der Waals surface area contributed by atoms with E-state index < -0.39 is 5.60 Å². The summed E-state index contributed by atoms with van der Waals surface area (Å²) >= 11 is 6.32. The fourth-order valence-corrected chi connectivity index (χ4v) is 2.45. The predicted octanol–water partition coefficient (Wildman–Crippen LogP) is 3.09. The third-order valence-corrected chi connectivity index (χ3v) is 3.70. The summed E-state index contributed by atoms with van der Waals surface area (Å²) in [6, 6.07) is 3.59. The second-order valence-electron chi connectivity index (χ2n) is 5.69. The molecule has 3 rings (SSSR count). The maximum atomic E-state index is 9.86. The minimum Gasteiger partial charge on any atom is -0.454 e. The molecule has 0 saturated heterocycles. The van der Waals surface area contributed by atoms with Gasteiger partial charge in [0.1, 0.15) is 5.82 Å². The smallest absolute Gasteiger partial charge is 0.231 e. The molecule has 0 bridgehead atoms. The Morgan fingerprint density at radius 3 is 2.76 bits per heavy atom. The molecule has 0 fully saturated rings. The summed E-state index contributed by atoms with van der Waals surface area (Å²) in [5.41, 5.74) is 0.0712. The van der Waals surface area contributed by atoms with Crippen LogP contribution in [-0.4, -0.2) is 27.1 Å². The third-order valence-electron chi connectivity index (χ3n) is 3.38. The van der Waals surface area contributed by atoms with Crippen LogP contribution in [0.15, 0.2) is 24.5 Å². The van der Waals surface area contributed by atoms with Crippen LogP contribution < -0.4 is 9.47 Å². The van der Waals surface area contributed by atoms with Gasteiger partial charge in [0.2, 0.25) is 6.79 Å². The van der Waals surface area contributed by atoms with E-state index in [-0.39, 0.29) is 6.79 Å². The van der Waals surface area contributed by atoms with Gasteiger partial charge in [-0.05, 0) is 26.3 Å². The Morgan fingerprint density at radius 2 is 2.05 bits per heavy atom. The van der Waals surface area contributed by atoms with E-state index >= 15 is 0 Å². The third kappa shape index (κ3) is 2.99. The highest BCUT2D eigenvalue weighted by atomic mass is 35.5. The van der Waals surface area contributed by atoms with Crippen molar-refractivity contribution >= 4 is 11.6 Å². The Labute approximate surface area is 128 Å². The van der Waals surface area contributed by atoms with E-state index in [0.29, 0.717) is 29.5 Å². The van der Waals surface area contributed by atoms with E-state index in [4.69, 9.17) is 21.1 Å². The van der Waals surface area contributed by atoms with Gasteiger partial charge in [-0.25, -0.2) is 4.98 Å². The predicted molar refractivity (Wildman–Crippen MR) is 79.7 cm³/mol. The SMILES string of the molecule is CC(C)(O)CCn1ccnc1-c1cc2c(cc1Cl)OCO2. The summed E-state index contributed by atoms with van der Waals surface area (Å²) in [6.07, 6.45) is 4.22. The Balaban J connectivity index is 1.93. The van der Waals surface area contributed by atoms with Crippen LogP contribution in [0.1, 0.15) is 20.3 Å². The van der Waals surface area contributed by atoms with E-state index in [2.05, 4.69) is 4.98 Å². The fourth-order valence-electron chi connectivity index (χ4n) is 2.22. The molecule has 1 aliphatic heterocycles. The largest absolute Gasteiger partial charge is 0.454 e. The van der Waals surface area contributed by atoms with Gasteiger partial charge in [-0.3, -0.25) is 0 Å². The lowest BCUT2D eigenvalue weighted by atomic mass is 10.1. The maximum absolute atomic E-state index is 9.86. The first-order chi connectivity index (χ1) is 9.94. The topological polar surface area (TPSA) is 56.5 Å². The minimum absolute atomic E-state index is 0.211. The zero-order valence-corrected chi connectivity index (χ0v) is 12.7. The Kier molecular flexibility index (Phi) is 3.55. The highest BCUT2D eigenvalue weighted by Gasteiger charge is 2.20. The Bertz CT molecular complexity index is 661. The second kappa shape index (κ2) is 5.24. The van der Waals surface area contributed by atoms with Crippen LogP contribution in [0.5, 0.6) is 11.5 Å². The lowest BCUT2D eigenvalue weighted by Gasteiger charge is -2.18. The summed E-state index contributed by atoms with van der Waals surface area (Å²) in [4.78, 5) is 4.37. The highest BCUT2D eigenvalue weighted by Crippen LogP contribution is 2.40. The van der Waals surface area contributed by atoms with Crippen molar-refractivity contribution < 1.29 is 14.6 Å². The first kappa shape index (κ1) is 14.2. The van der Waals surface area contributed by atoms with Crippen molar-refractivity contribution in [3.05, 3.63) is 29.5 Å². The summed E-state index contributed by atoms with van der Waals surface area (Å²) < 4.78 is 12.7. The molecule has 112 valence electrons. The van der Waals surface area contributed by atoms with Gasteiger partial charge >= 0.3 is 0 Å². The molecule has 1 aromatic carbocycles. The molecule has 0 aliphatic carbocycles. The molecule has 0 radical (unpaired) electrons. The van der Waals surface area contributed by atoms with Crippen molar-refractivity contribution in [3.8, 4) is 22.9 Å². The zero-order valence-electron chi connectivity index (χ0n) is 12.0. The molecule has 2 aromatic rings.